The molecule has 0 amide bonds. The third-order valence-electron chi connectivity index (χ3n) is 3.74. The summed E-state index contributed by atoms with van der Waals surface area (Å²) in [6.07, 6.45) is 0. The zero-order valence-corrected chi connectivity index (χ0v) is 12.5. The molecule has 114 valence electrons. The molecule has 0 spiro atoms. The van der Waals surface area contributed by atoms with Crippen molar-refractivity contribution in [3.8, 4) is 27.7 Å². The van der Waals surface area contributed by atoms with Gasteiger partial charge in [0.1, 0.15) is 10.4 Å². The number of hydrogen-bond donors (Lipinski definition) is 4. The van der Waals surface area contributed by atoms with Crippen molar-refractivity contribution in [3.63, 3.8) is 0 Å². The highest BCUT2D eigenvalue weighted by Crippen LogP contribution is 2.38. The van der Waals surface area contributed by atoms with Crippen molar-refractivity contribution < 1.29 is 15.3 Å². The first-order chi connectivity index (χ1) is 11.0. The highest BCUT2D eigenvalue weighted by Gasteiger charge is 2.12. The molecule has 0 aliphatic carbocycles. The monoisotopic (exact) mass is 325 g/mol. The standard InChI is InChI=1S/C17H11NO4S/c19-9-2-3-12-10(6-9)11-7-15(23-16(11)17(22)18-12)8-1-4-13(20)14(21)5-8/h1-7,19-21H,(H,18,22). The number of aromatic nitrogens is 1. The summed E-state index contributed by atoms with van der Waals surface area (Å²) >= 11 is 1.29. The normalized spacial score (nSPS) is 11.3. The van der Waals surface area contributed by atoms with E-state index >= 15 is 0 Å². The average molecular weight is 325 g/mol. The average Bonchev–Trinajstić information content (AvgIpc) is 2.97. The number of nitrogens with one attached hydrogen (secondary N) is 1. The first-order valence-corrected chi connectivity index (χ1v) is 7.65. The van der Waals surface area contributed by atoms with E-state index < -0.39 is 0 Å². The van der Waals surface area contributed by atoms with Gasteiger partial charge in [-0.25, -0.2) is 0 Å². The van der Waals surface area contributed by atoms with Crippen molar-refractivity contribution in [1.82, 2.24) is 4.98 Å². The van der Waals surface area contributed by atoms with Crippen molar-refractivity contribution in [1.29, 1.82) is 0 Å². The second kappa shape index (κ2) is 4.76. The zero-order chi connectivity index (χ0) is 16.1. The van der Waals surface area contributed by atoms with Gasteiger partial charge in [0, 0.05) is 21.2 Å². The van der Waals surface area contributed by atoms with E-state index in [0.29, 0.717) is 15.8 Å². The molecule has 0 saturated heterocycles. The largest absolute Gasteiger partial charge is 0.508 e. The molecule has 4 N–H and O–H groups in total. The van der Waals surface area contributed by atoms with Crippen LogP contribution in [0.15, 0.2) is 47.3 Å². The van der Waals surface area contributed by atoms with E-state index in [1.54, 1.807) is 18.2 Å². The van der Waals surface area contributed by atoms with E-state index in [-0.39, 0.29) is 22.8 Å². The molecule has 0 aliphatic rings. The predicted molar refractivity (Wildman–Crippen MR) is 90.4 cm³/mol. The minimum atomic E-state index is -0.212. The summed E-state index contributed by atoms with van der Waals surface area (Å²) in [5, 5.41) is 30.3. The molecule has 0 bridgehead atoms. The number of H-pyrrole nitrogens is 1. The summed E-state index contributed by atoms with van der Waals surface area (Å²) in [7, 11) is 0. The molecule has 2 aromatic carbocycles. The highest BCUT2D eigenvalue weighted by molar-refractivity contribution is 7.22. The molecule has 2 aromatic heterocycles. The molecule has 23 heavy (non-hydrogen) atoms. The van der Waals surface area contributed by atoms with Crippen LogP contribution in [0.2, 0.25) is 0 Å². The Morgan fingerprint density at radius 1 is 0.870 bits per heavy atom. The van der Waals surface area contributed by atoms with Gasteiger partial charge in [-0.1, -0.05) is 0 Å². The Morgan fingerprint density at radius 3 is 2.48 bits per heavy atom. The Labute approximate surface area is 133 Å². The number of phenolic OH excluding ortho intramolecular Hbond substituents is 3. The first kappa shape index (κ1) is 13.7. The molecule has 0 unspecified atom stereocenters. The lowest BCUT2D eigenvalue weighted by Crippen LogP contribution is -2.03. The van der Waals surface area contributed by atoms with Crippen LogP contribution in [-0.4, -0.2) is 20.3 Å². The Balaban J connectivity index is 2.05. The molecule has 0 aliphatic heterocycles. The van der Waals surface area contributed by atoms with Crippen LogP contribution >= 0.6 is 11.3 Å². The molecule has 5 nitrogen and oxygen atoms in total. The van der Waals surface area contributed by atoms with Crippen LogP contribution in [0.1, 0.15) is 0 Å². The number of pyridine rings is 1. The van der Waals surface area contributed by atoms with Gasteiger partial charge in [-0.05, 0) is 48.0 Å². The Bertz CT molecular complexity index is 1130. The molecule has 4 aromatic rings. The summed E-state index contributed by atoms with van der Waals surface area (Å²) in [6, 6.07) is 11.2. The van der Waals surface area contributed by atoms with E-state index in [1.807, 2.05) is 6.07 Å². The van der Waals surface area contributed by atoms with Crippen LogP contribution in [0.25, 0.3) is 31.4 Å². The summed E-state index contributed by atoms with van der Waals surface area (Å²) in [6.45, 7) is 0. The van der Waals surface area contributed by atoms with Crippen LogP contribution in [0.5, 0.6) is 17.2 Å². The minimum Gasteiger partial charge on any atom is -0.508 e. The summed E-state index contributed by atoms with van der Waals surface area (Å²) in [5.74, 6) is -0.277. The van der Waals surface area contributed by atoms with E-state index in [1.165, 1.54) is 29.5 Å². The molecular formula is C17H11NO4S. The maximum atomic E-state index is 12.2. The smallest absolute Gasteiger partial charge is 0.266 e. The van der Waals surface area contributed by atoms with E-state index in [0.717, 1.165) is 15.6 Å². The molecule has 6 heteroatoms. The molecule has 2 heterocycles. The molecular weight excluding hydrogens is 314 g/mol. The van der Waals surface area contributed by atoms with Gasteiger partial charge < -0.3 is 20.3 Å². The van der Waals surface area contributed by atoms with Gasteiger partial charge in [-0.2, -0.15) is 0 Å². The van der Waals surface area contributed by atoms with Crippen LogP contribution in [0, 0.1) is 0 Å². The van der Waals surface area contributed by atoms with Gasteiger partial charge >= 0.3 is 0 Å². The lowest BCUT2D eigenvalue weighted by atomic mass is 10.1. The predicted octanol–water partition coefficient (Wildman–Crippen LogP) is 3.53. The fourth-order valence-electron chi connectivity index (χ4n) is 2.62. The van der Waals surface area contributed by atoms with Gasteiger partial charge in [0.2, 0.25) is 0 Å². The molecule has 0 saturated carbocycles. The summed E-state index contributed by atoms with van der Waals surface area (Å²) in [4.78, 5) is 15.8. The molecule has 0 atom stereocenters. The third kappa shape index (κ3) is 2.11. The van der Waals surface area contributed by atoms with E-state index in [9.17, 15) is 20.1 Å². The van der Waals surface area contributed by atoms with Gasteiger partial charge in [0.05, 0.1) is 0 Å². The lowest BCUT2D eigenvalue weighted by molar-refractivity contribution is 0.404. The van der Waals surface area contributed by atoms with Crippen molar-refractivity contribution in [2.24, 2.45) is 0 Å². The first-order valence-electron chi connectivity index (χ1n) is 6.84. The SMILES string of the molecule is O=c1[nH]c2ccc(O)cc2c2cc(-c3ccc(O)c(O)c3)sc12. The number of aromatic amines is 1. The molecule has 0 fully saturated rings. The van der Waals surface area contributed by atoms with E-state index in [2.05, 4.69) is 4.98 Å². The van der Waals surface area contributed by atoms with E-state index in [4.69, 9.17) is 0 Å². The van der Waals surface area contributed by atoms with Crippen LogP contribution in [-0.2, 0) is 0 Å². The highest BCUT2D eigenvalue weighted by atomic mass is 32.1. The zero-order valence-electron chi connectivity index (χ0n) is 11.7. The van der Waals surface area contributed by atoms with Gasteiger partial charge in [0.25, 0.3) is 5.56 Å². The fourth-order valence-corrected chi connectivity index (χ4v) is 3.69. The summed E-state index contributed by atoms with van der Waals surface area (Å²) < 4.78 is 0.547. The van der Waals surface area contributed by atoms with Crippen molar-refractivity contribution in [3.05, 3.63) is 52.8 Å². The quantitative estimate of drug-likeness (QED) is 0.403. The Morgan fingerprint density at radius 2 is 1.70 bits per heavy atom. The maximum Gasteiger partial charge on any atom is 0.266 e. The number of phenols is 3. The van der Waals surface area contributed by atoms with Crippen molar-refractivity contribution >= 4 is 32.3 Å². The van der Waals surface area contributed by atoms with Gasteiger partial charge in [-0.3, -0.25) is 4.79 Å². The van der Waals surface area contributed by atoms with Gasteiger partial charge in [-0.15, -0.1) is 11.3 Å². The number of aromatic hydroxyl groups is 3. The number of fused-ring (bicyclic) bond motifs is 3. The molecule has 4 rings (SSSR count). The summed E-state index contributed by atoms with van der Waals surface area (Å²) in [5.41, 5.74) is 1.16. The Kier molecular flexibility index (Phi) is 2.82. The number of benzene rings is 2. The topological polar surface area (TPSA) is 93.6 Å². The maximum absolute atomic E-state index is 12.2. The molecule has 0 radical (unpaired) electrons. The van der Waals surface area contributed by atoms with Crippen LogP contribution in [0.4, 0.5) is 0 Å². The van der Waals surface area contributed by atoms with Crippen molar-refractivity contribution in [2.75, 3.05) is 0 Å². The lowest BCUT2D eigenvalue weighted by Gasteiger charge is -2.00. The fraction of sp³-hybridized carbons (Fsp3) is 0. The van der Waals surface area contributed by atoms with Crippen molar-refractivity contribution in [2.45, 2.75) is 0 Å². The Hall–Kier alpha value is -2.99. The third-order valence-corrected chi connectivity index (χ3v) is 4.92. The second-order valence-electron chi connectivity index (χ2n) is 5.24. The van der Waals surface area contributed by atoms with Gasteiger partial charge in [0.15, 0.2) is 11.5 Å². The second-order valence-corrected chi connectivity index (χ2v) is 6.29. The number of thiophene rings is 1. The van der Waals surface area contributed by atoms with Crippen LogP contribution < -0.4 is 5.56 Å². The van der Waals surface area contributed by atoms with Crippen LogP contribution in [0.3, 0.4) is 0 Å². The number of hydrogen-bond acceptors (Lipinski definition) is 5. The number of rotatable bonds is 1. The minimum absolute atomic E-state index is 0.126.